The summed E-state index contributed by atoms with van der Waals surface area (Å²) in [5, 5.41) is 4.48. The van der Waals surface area contributed by atoms with E-state index in [2.05, 4.69) is 5.10 Å². The molecule has 0 aliphatic heterocycles. The molecule has 0 spiro atoms. The van der Waals surface area contributed by atoms with Crippen molar-refractivity contribution in [2.24, 2.45) is 5.73 Å². The van der Waals surface area contributed by atoms with Crippen LogP contribution in [0, 0.1) is 5.82 Å². The standard InChI is InChI=1S/C11H11ClFN3/c12-10-2-1-9(11(13)3-10)7-16-6-8(4-14)5-15-16/h1-3,5-6H,4,7,14H2. The largest absolute Gasteiger partial charge is 0.326 e. The van der Waals surface area contributed by atoms with E-state index < -0.39 is 0 Å². The molecule has 0 saturated carbocycles. The van der Waals surface area contributed by atoms with Gasteiger partial charge in [-0.15, -0.1) is 0 Å². The lowest BCUT2D eigenvalue weighted by Gasteiger charge is -2.03. The van der Waals surface area contributed by atoms with E-state index in [-0.39, 0.29) is 5.82 Å². The van der Waals surface area contributed by atoms with E-state index in [9.17, 15) is 4.39 Å². The van der Waals surface area contributed by atoms with Gasteiger partial charge in [0.15, 0.2) is 0 Å². The Bertz CT molecular complexity index is 496. The summed E-state index contributed by atoms with van der Waals surface area (Å²) < 4.78 is 15.1. The normalized spacial score (nSPS) is 10.7. The third kappa shape index (κ3) is 2.40. The number of hydrogen-bond acceptors (Lipinski definition) is 2. The van der Waals surface area contributed by atoms with Crippen LogP contribution in [-0.4, -0.2) is 9.78 Å². The molecule has 2 rings (SSSR count). The molecule has 5 heteroatoms. The van der Waals surface area contributed by atoms with Crippen molar-refractivity contribution >= 4 is 11.6 Å². The average Bonchev–Trinajstić information content (AvgIpc) is 2.70. The summed E-state index contributed by atoms with van der Waals surface area (Å²) in [6.07, 6.45) is 3.47. The second kappa shape index (κ2) is 4.63. The lowest BCUT2D eigenvalue weighted by Crippen LogP contribution is -2.02. The molecule has 0 atom stereocenters. The molecule has 1 aromatic heterocycles. The number of rotatable bonds is 3. The molecule has 0 bridgehead atoms. The van der Waals surface area contributed by atoms with Crippen molar-refractivity contribution in [3.05, 3.63) is 52.6 Å². The highest BCUT2D eigenvalue weighted by molar-refractivity contribution is 6.30. The first-order chi connectivity index (χ1) is 7.69. The Kier molecular flexibility index (Phi) is 3.22. The van der Waals surface area contributed by atoms with Crippen LogP contribution in [0.1, 0.15) is 11.1 Å². The second-order valence-electron chi connectivity index (χ2n) is 3.49. The molecule has 0 aliphatic rings. The van der Waals surface area contributed by atoms with Crippen molar-refractivity contribution in [2.45, 2.75) is 13.1 Å². The number of halogens is 2. The molecule has 1 aromatic carbocycles. The highest BCUT2D eigenvalue weighted by Gasteiger charge is 2.04. The van der Waals surface area contributed by atoms with E-state index in [1.165, 1.54) is 6.07 Å². The maximum Gasteiger partial charge on any atom is 0.129 e. The number of nitrogens with two attached hydrogens (primary N) is 1. The fraction of sp³-hybridized carbons (Fsp3) is 0.182. The van der Waals surface area contributed by atoms with Gasteiger partial charge >= 0.3 is 0 Å². The van der Waals surface area contributed by atoms with Gasteiger partial charge in [-0.3, -0.25) is 4.68 Å². The van der Waals surface area contributed by atoms with Gasteiger partial charge in [-0.1, -0.05) is 17.7 Å². The average molecular weight is 240 g/mol. The number of benzene rings is 1. The summed E-state index contributed by atoms with van der Waals surface area (Å²) in [5.74, 6) is -0.322. The Morgan fingerprint density at radius 2 is 2.25 bits per heavy atom. The molecule has 0 fully saturated rings. The van der Waals surface area contributed by atoms with Crippen LogP contribution in [-0.2, 0) is 13.1 Å². The van der Waals surface area contributed by atoms with Crippen molar-refractivity contribution in [3.63, 3.8) is 0 Å². The Hall–Kier alpha value is -1.39. The van der Waals surface area contributed by atoms with Crippen molar-refractivity contribution in [1.82, 2.24) is 9.78 Å². The number of aromatic nitrogens is 2. The Morgan fingerprint density at radius 3 is 2.88 bits per heavy atom. The molecule has 2 N–H and O–H groups in total. The molecule has 2 aromatic rings. The van der Waals surface area contributed by atoms with Crippen LogP contribution in [0.25, 0.3) is 0 Å². The summed E-state index contributed by atoms with van der Waals surface area (Å²) >= 11 is 5.67. The van der Waals surface area contributed by atoms with E-state index in [0.717, 1.165) is 5.56 Å². The first-order valence-corrected chi connectivity index (χ1v) is 5.22. The minimum atomic E-state index is -0.322. The summed E-state index contributed by atoms with van der Waals surface area (Å²) in [6.45, 7) is 0.812. The second-order valence-corrected chi connectivity index (χ2v) is 3.92. The maximum absolute atomic E-state index is 13.5. The van der Waals surface area contributed by atoms with Crippen molar-refractivity contribution < 1.29 is 4.39 Å². The fourth-order valence-corrected chi connectivity index (χ4v) is 1.58. The van der Waals surface area contributed by atoms with Gasteiger partial charge in [-0.25, -0.2) is 4.39 Å². The number of hydrogen-bond donors (Lipinski definition) is 1. The zero-order valence-electron chi connectivity index (χ0n) is 8.53. The quantitative estimate of drug-likeness (QED) is 0.892. The van der Waals surface area contributed by atoms with E-state index in [1.807, 2.05) is 0 Å². The van der Waals surface area contributed by atoms with E-state index in [0.29, 0.717) is 23.7 Å². The van der Waals surface area contributed by atoms with Crippen LogP contribution in [0.2, 0.25) is 5.02 Å². The number of nitrogens with zero attached hydrogens (tertiary/aromatic N) is 2. The Balaban J connectivity index is 2.20. The summed E-state index contributed by atoms with van der Waals surface area (Å²) in [7, 11) is 0. The minimum Gasteiger partial charge on any atom is -0.326 e. The molecular formula is C11H11ClFN3. The van der Waals surface area contributed by atoms with E-state index >= 15 is 0 Å². The Labute approximate surface area is 97.6 Å². The van der Waals surface area contributed by atoms with Gasteiger partial charge < -0.3 is 5.73 Å². The highest BCUT2D eigenvalue weighted by atomic mass is 35.5. The zero-order chi connectivity index (χ0) is 11.5. The first kappa shape index (κ1) is 11.1. The van der Waals surface area contributed by atoms with E-state index in [4.69, 9.17) is 17.3 Å². The predicted molar refractivity (Wildman–Crippen MR) is 60.6 cm³/mol. The van der Waals surface area contributed by atoms with Gasteiger partial charge in [0.2, 0.25) is 0 Å². The van der Waals surface area contributed by atoms with Gasteiger partial charge in [-0.2, -0.15) is 5.10 Å². The van der Waals surface area contributed by atoms with Crippen LogP contribution < -0.4 is 5.73 Å². The third-order valence-electron chi connectivity index (χ3n) is 2.27. The van der Waals surface area contributed by atoms with Crippen LogP contribution in [0.5, 0.6) is 0 Å². The third-order valence-corrected chi connectivity index (χ3v) is 2.50. The fourth-order valence-electron chi connectivity index (χ4n) is 1.42. The topological polar surface area (TPSA) is 43.8 Å². The lowest BCUT2D eigenvalue weighted by atomic mass is 10.2. The highest BCUT2D eigenvalue weighted by Crippen LogP contribution is 2.15. The summed E-state index contributed by atoms with van der Waals surface area (Å²) in [4.78, 5) is 0. The van der Waals surface area contributed by atoms with Crippen LogP contribution >= 0.6 is 11.6 Å². The smallest absolute Gasteiger partial charge is 0.129 e. The molecule has 0 aliphatic carbocycles. The molecule has 0 saturated heterocycles. The van der Waals surface area contributed by atoms with Crippen molar-refractivity contribution in [1.29, 1.82) is 0 Å². The molecule has 84 valence electrons. The van der Waals surface area contributed by atoms with E-state index in [1.54, 1.807) is 29.2 Å². The zero-order valence-corrected chi connectivity index (χ0v) is 9.28. The van der Waals surface area contributed by atoms with Gasteiger partial charge in [0.05, 0.1) is 12.7 Å². The van der Waals surface area contributed by atoms with Gasteiger partial charge in [0, 0.05) is 28.9 Å². The molecule has 0 unspecified atom stereocenters. The summed E-state index contributed by atoms with van der Waals surface area (Å²) in [6, 6.07) is 4.61. The molecule has 3 nitrogen and oxygen atoms in total. The van der Waals surface area contributed by atoms with Crippen molar-refractivity contribution in [2.75, 3.05) is 0 Å². The van der Waals surface area contributed by atoms with Crippen LogP contribution in [0.15, 0.2) is 30.6 Å². The summed E-state index contributed by atoms with van der Waals surface area (Å²) in [5.41, 5.74) is 6.94. The molecule has 16 heavy (non-hydrogen) atoms. The molecular weight excluding hydrogens is 229 g/mol. The minimum absolute atomic E-state index is 0.322. The SMILES string of the molecule is NCc1cnn(Cc2ccc(Cl)cc2F)c1. The first-order valence-electron chi connectivity index (χ1n) is 4.84. The lowest BCUT2D eigenvalue weighted by molar-refractivity contribution is 0.585. The molecule has 0 radical (unpaired) electrons. The van der Waals surface area contributed by atoms with Gasteiger partial charge in [-0.05, 0) is 12.1 Å². The molecule has 1 heterocycles. The van der Waals surface area contributed by atoms with Gasteiger partial charge in [0.1, 0.15) is 5.82 Å². The monoisotopic (exact) mass is 239 g/mol. The molecule has 0 amide bonds. The predicted octanol–water partition coefficient (Wildman–Crippen LogP) is 2.18. The van der Waals surface area contributed by atoms with Crippen molar-refractivity contribution in [3.8, 4) is 0 Å². The van der Waals surface area contributed by atoms with Gasteiger partial charge in [0.25, 0.3) is 0 Å². The van der Waals surface area contributed by atoms with Crippen LogP contribution in [0.4, 0.5) is 4.39 Å². The van der Waals surface area contributed by atoms with Crippen LogP contribution in [0.3, 0.4) is 0 Å². The maximum atomic E-state index is 13.5. The Morgan fingerprint density at radius 1 is 1.44 bits per heavy atom.